The van der Waals surface area contributed by atoms with Crippen molar-refractivity contribution in [2.24, 2.45) is 5.92 Å². The SMILES string of the molecule is C1=C2CCCCCC1CCC2. The van der Waals surface area contributed by atoms with Gasteiger partial charge in [-0.15, -0.1) is 0 Å². The summed E-state index contributed by atoms with van der Waals surface area (Å²) in [5.41, 5.74) is 1.78. The van der Waals surface area contributed by atoms with Crippen LogP contribution in [0.2, 0.25) is 0 Å². The fourth-order valence-electron chi connectivity index (χ4n) is 2.46. The largest absolute Gasteiger partial charge is 0.0822 e. The fourth-order valence-corrected chi connectivity index (χ4v) is 2.46. The van der Waals surface area contributed by atoms with Crippen LogP contribution in [0.5, 0.6) is 0 Å². The highest BCUT2D eigenvalue weighted by Crippen LogP contribution is 2.31. The average Bonchev–Trinajstić information content (AvgIpc) is 2.02. The first-order chi connectivity index (χ1) is 5.45. The molecular formula is C11H18. The Hall–Kier alpha value is -0.260. The van der Waals surface area contributed by atoms with E-state index in [4.69, 9.17) is 0 Å². The van der Waals surface area contributed by atoms with Crippen molar-refractivity contribution in [2.45, 2.75) is 51.4 Å². The van der Waals surface area contributed by atoms with Gasteiger partial charge >= 0.3 is 0 Å². The third-order valence-corrected chi connectivity index (χ3v) is 3.12. The Kier molecular flexibility index (Phi) is 2.30. The van der Waals surface area contributed by atoms with E-state index in [0.717, 1.165) is 5.92 Å². The van der Waals surface area contributed by atoms with E-state index in [2.05, 4.69) is 6.08 Å². The standard InChI is InChI=1S/C11H18/c1-2-5-10-7-4-8-11(9-10)6-3-1/h9-10H,1-8H2. The molecule has 0 nitrogen and oxygen atoms in total. The molecule has 0 heterocycles. The van der Waals surface area contributed by atoms with Crippen molar-refractivity contribution >= 4 is 0 Å². The van der Waals surface area contributed by atoms with E-state index in [1.165, 1.54) is 51.4 Å². The Morgan fingerprint density at radius 2 is 1.73 bits per heavy atom. The van der Waals surface area contributed by atoms with Crippen molar-refractivity contribution in [1.82, 2.24) is 0 Å². The Morgan fingerprint density at radius 1 is 0.909 bits per heavy atom. The van der Waals surface area contributed by atoms with Crippen molar-refractivity contribution in [2.75, 3.05) is 0 Å². The maximum absolute atomic E-state index is 2.59. The molecule has 2 aliphatic rings. The number of hydrogen-bond donors (Lipinski definition) is 0. The van der Waals surface area contributed by atoms with Gasteiger partial charge in [0.25, 0.3) is 0 Å². The van der Waals surface area contributed by atoms with Crippen molar-refractivity contribution in [3.8, 4) is 0 Å². The van der Waals surface area contributed by atoms with Crippen LogP contribution in [0, 0.1) is 5.92 Å². The molecule has 0 fully saturated rings. The van der Waals surface area contributed by atoms with E-state index < -0.39 is 0 Å². The molecule has 0 aromatic carbocycles. The molecule has 0 heteroatoms. The van der Waals surface area contributed by atoms with Gasteiger partial charge in [-0.2, -0.15) is 0 Å². The van der Waals surface area contributed by atoms with Crippen molar-refractivity contribution in [3.63, 3.8) is 0 Å². The molecule has 0 amide bonds. The first kappa shape index (κ1) is 7.39. The second-order valence-corrected chi connectivity index (χ2v) is 4.08. The molecule has 2 bridgehead atoms. The summed E-state index contributed by atoms with van der Waals surface area (Å²) in [6.45, 7) is 0. The number of fused-ring (bicyclic) bond motifs is 1. The lowest BCUT2D eigenvalue weighted by molar-refractivity contribution is 0.441. The Bertz CT molecular complexity index is 155. The zero-order valence-corrected chi connectivity index (χ0v) is 7.31. The van der Waals surface area contributed by atoms with E-state index in [0.29, 0.717) is 0 Å². The Labute approximate surface area is 69.7 Å². The maximum Gasteiger partial charge on any atom is -0.0231 e. The fraction of sp³-hybridized carbons (Fsp3) is 0.818. The van der Waals surface area contributed by atoms with Gasteiger partial charge in [0.1, 0.15) is 0 Å². The summed E-state index contributed by atoms with van der Waals surface area (Å²) in [7, 11) is 0. The van der Waals surface area contributed by atoms with Crippen LogP contribution in [0.1, 0.15) is 51.4 Å². The van der Waals surface area contributed by atoms with Gasteiger partial charge in [-0.3, -0.25) is 0 Å². The van der Waals surface area contributed by atoms with Crippen LogP contribution in [-0.4, -0.2) is 0 Å². The first-order valence-electron chi connectivity index (χ1n) is 5.15. The van der Waals surface area contributed by atoms with E-state index >= 15 is 0 Å². The predicted octanol–water partition coefficient (Wildman–Crippen LogP) is 3.68. The lowest BCUT2D eigenvalue weighted by Gasteiger charge is -2.23. The van der Waals surface area contributed by atoms with Gasteiger partial charge in [0.2, 0.25) is 0 Å². The van der Waals surface area contributed by atoms with E-state index in [9.17, 15) is 0 Å². The molecule has 2 aliphatic carbocycles. The lowest BCUT2D eigenvalue weighted by Crippen LogP contribution is -2.07. The molecule has 0 N–H and O–H groups in total. The molecule has 2 rings (SSSR count). The minimum Gasteiger partial charge on any atom is -0.0822 e. The summed E-state index contributed by atoms with van der Waals surface area (Å²) in [6, 6.07) is 0. The molecule has 0 aliphatic heterocycles. The minimum atomic E-state index is 0.971. The van der Waals surface area contributed by atoms with E-state index in [1.54, 1.807) is 5.57 Å². The van der Waals surface area contributed by atoms with E-state index in [-0.39, 0.29) is 0 Å². The number of allylic oxidation sites excluding steroid dienone is 2. The normalized spacial score (nSPS) is 32.0. The summed E-state index contributed by atoms with van der Waals surface area (Å²) in [5, 5.41) is 0. The molecule has 1 unspecified atom stereocenters. The summed E-state index contributed by atoms with van der Waals surface area (Å²) in [6.07, 6.45) is 14.2. The van der Waals surface area contributed by atoms with Crippen LogP contribution in [0.25, 0.3) is 0 Å². The maximum atomic E-state index is 2.59. The first-order valence-corrected chi connectivity index (χ1v) is 5.15. The van der Waals surface area contributed by atoms with Crippen LogP contribution < -0.4 is 0 Å². The summed E-state index contributed by atoms with van der Waals surface area (Å²) in [5.74, 6) is 0.971. The molecule has 0 aromatic heterocycles. The molecule has 0 radical (unpaired) electrons. The molecule has 11 heavy (non-hydrogen) atoms. The molecule has 0 aromatic rings. The van der Waals surface area contributed by atoms with Gasteiger partial charge in [0.15, 0.2) is 0 Å². The van der Waals surface area contributed by atoms with Gasteiger partial charge in [-0.05, 0) is 44.4 Å². The lowest BCUT2D eigenvalue weighted by atomic mass is 9.83. The van der Waals surface area contributed by atoms with Crippen LogP contribution in [-0.2, 0) is 0 Å². The van der Waals surface area contributed by atoms with Crippen LogP contribution in [0.4, 0.5) is 0 Å². The number of hydrogen-bond acceptors (Lipinski definition) is 0. The van der Waals surface area contributed by atoms with Crippen LogP contribution in [0.15, 0.2) is 11.6 Å². The predicted molar refractivity (Wildman–Crippen MR) is 48.5 cm³/mol. The zero-order valence-electron chi connectivity index (χ0n) is 7.31. The minimum absolute atomic E-state index is 0.971. The van der Waals surface area contributed by atoms with Crippen molar-refractivity contribution < 1.29 is 0 Å². The highest BCUT2D eigenvalue weighted by atomic mass is 14.2. The Balaban J connectivity index is 2.05. The van der Waals surface area contributed by atoms with Gasteiger partial charge in [0.05, 0.1) is 0 Å². The molecule has 62 valence electrons. The third kappa shape index (κ3) is 1.85. The number of rotatable bonds is 0. The molecule has 0 saturated carbocycles. The van der Waals surface area contributed by atoms with Gasteiger partial charge in [0, 0.05) is 0 Å². The molecular weight excluding hydrogens is 132 g/mol. The van der Waals surface area contributed by atoms with Gasteiger partial charge in [-0.25, -0.2) is 0 Å². The van der Waals surface area contributed by atoms with Crippen LogP contribution in [0.3, 0.4) is 0 Å². The third-order valence-electron chi connectivity index (χ3n) is 3.12. The topological polar surface area (TPSA) is 0 Å². The highest BCUT2D eigenvalue weighted by molar-refractivity contribution is 5.08. The summed E-state index contributed by atoms with van der Waals surface area (Å²) >= 11 is 0. The quantitative estimate of drug-likeness (QED) is 0.462. The van der Waals surface area contributed by atoms with Crippen LogP contribution >= 0.6 is 0 Å². The monoisotopic (exact) mass is 150 g/mol. The van der Waals surface area contributed by atoms with Gasteiger partial charge in [-0.1, -0.05) is 24.5 Å². The van der Waals surface area contributed by atoms with Crippen molar-refractivity contribution in [3.05, 3.63) is 11.6 Å². The van der Waals surface area contributed by atoms with E-state index in [1.807, 2.05) is 0 Å². The molecule has 0 saturated heterocycles. The average molecular weight is 150 g/mol. The summed E-state index contributed by atoms with van der Waals surface area (Å²) < 4.78 is 0. The highest BCUT2D eigenvalue weighted by Gasteiger charge is 2.14. The smallest absolute Gasteiger partial charge is 0.0231 e. The molecule has 0 spiro atoms. The van der Waals surface area contributed by atoms with Gasteiger partial charge < -0.3 is 0 Å². The second kappa shape index (κ2) is 3.42. The Morgan fingerprint density at radius 3 is 2.73 bits per heavy atom. The summed E-state index contributed by atoms with van der Waals surface area (Å²) in [4.78, 5) is 0. The second-order valence-electron chi connectivity index (χ2n) is 4.08. The zero-order chi connectivity index (χ0) is 7.52. The molecule has 1 atom stereocenters. The van der Waals surface area contributed by atoms with Crippen molar-refractivity contribution in [1.29, 1.82) is 0 Å².